The lowest BCUT2D eigenvalue weighted by atomic mass is 9.76. The van der Waals surface area contributed by atoms with Crippen LogP contribution in [0.25, 0.3) is 0 Å². The van der Waals surface area contributed by atoms with Crippen LogP contribution in [0, 0.1) is 17.8 Å². The number of morpholine rings is 1. The van der Waals surface area contributed by atoms with E-state index in [0.29, 0.717) is 18.1 Å². The maximum Gasteiger partial charge on any atom is 0.146 e. The molecule has 1 saturated carbocycles. The third-order valence-corrected chi connectivity index (χ3v) is 9.52. The van der Waals surface area contributed by atoms with Crippen LogP contribution in [0.4, 0.5) is 0 Å². The lowest BCUT2D eigenvalue weighted by Gasteiger charge is -2.42. The SMILES string of the molecule is C1CCC2NCC(CN3CCC[C@H]3C3NC(C4CCC(N5CCOCC5)NC4)NO3)CC2C1. The normalized spacial score (nSPS) is 45.8. The van der Waals surface area contributed by atoms with Crippen molar-refractivity contribution < 1.29 is 9.57 Å². The van der Waals surface area contributed by atoms with Gasteiger partial charge < -0.3 is 15.4 Å². The molecule has 1 aliphatic carbocycles. The zero-order valence-electron chi connectivity index (χ0n) is 20.4. The van der Waals surface area contributed by atoms with Crippen molar-refractivity contribution in [1.82, 2.24) is 31.2 Å². The number of hydrogen-bond acceptors (Lipinski definition) is 8. The lowest BCUT2D eigenvalue weighted by Crippen LogP contribution is -2.57. The first-order valence-corrected chi connectivity index (χ1v) is 14.0. The molecule has 0 spiro atoms. The summed E-state index contributed by atoms with van der Waals surface area (Å²) in [5, 5.41) is 11.6. The average molecular weight is 463 g/mol. The number of nitrogens with zero attached hydrogens (tertiary/aromatic N) is 2. The summed E-state index contributed by atoms with van der Waals surface area (Å²) in [7, 11) is 0. The van der Waals surface area contributed by atoms with E-state index in [-0.39, 0.29) is 12.4 Å². The van der Waals surface area contributed by atoms with E-state index in [1.807, 2.05) is 0 Å². The first kappa shape index (κ1) is 23.1. The Morgan fingerprint density at radius 3 is 2.61 bits per heavy atom. The first-order valence-electron chi connectivity index (χ1n) is 14.0. The fourth-order valence-corrected chi connectivity index (χ4v) is 7.64. The molecule has 0 aromatic rings. The van der Waals surface area contributed by atoms with E-state index in [0.717, 1.165) is 50.7 Å². The Kier molecular flexibility index (Phi) is 7.52. The summed E-state index contributed by atoms with van der Waals surface area (Å²) in [4.78, 5) is 11.5. The zero-order valence-corrected chi connectivity index (χ0v) is 20.4. The van der Waals surface area contributed by atoms with Crippen molar-refractivity contribution in [3.05, 3.63) is 0 Å². The highest BCUT2D eigenvalue weighted by Gasteiger charge is 2.42. The minimum Gasteiger partial charge on any atom is -0.379 e. The van der Waals surface area contributed by atoms with Crippen LogP contribution in [0.3, 0.4) is 0 Å². The standard InChI is InChI=1S/C25H46N6O2/c1-2-5-21-19(4-1)14-18(15-26-21)17-31-9-3-6-22(31)25-28-24(29-33-25)20-7-8-23(27-16-20)30-10-12-32-13-11-30/h18-29H,1-17H2/t18?,19?,20?,21?,22-,23?,24?,25?/m0/s1. The van der Waals surface area contributed by atoms with Gasteiger partial charge in [0.2, 0.25) is 0 Å². The van der Waals surface area contributed by atoms with Gasteiger partial charge in [-0.05, 0) is 69.9 Å². The largest absolute Gasteiger partial charge is 0.379 e. The summed E-state index contributed by atoms with van der Waals surface area (Å²) in [6, 6.07) is 1.31. The minimum atomic E-state index is 0.119. The van der Waals surface area contributed by atoms with Gasteiger partial charge in [-0.1, -0.05) is 12.8 Å². The Labute approximate surface area is 199 Å². The molecule has 8 nitrogen and oxygen atoms in total. The number of hydroxylamine groups is 1. The predicted octanol–water partition coefficient (Wildman–Crippen LogP) is 1.05. The molecule has 0 bridgehead atoms. The van der Waals surface area contributed by atoms with Crippen molar-refractivity contribution >= 4 is 0 Å². The maximum atomic E-state index is 6.18. The van der Waals surface area contributed by atoms with Gasteiger partial charge in [-0.25, -0.2) is 0 Å². The summed E-state index contributed by atoms with van der Waals surface area (Å²) in [6.07, 6.45) is 13.0. The smallest absolute Gasteiger partial charge is 0.146 e. The Morgan fingerprint density at radius 1 is 0.818 bits per heavy atom. The number of piperidine rings is 2. The summed E-state index contributed by atoms with van der Waals surface area (Å²) >= 11 is 0. The Hall–Kier alpha value is -0.320. The fourth-order valence-electron chi connectivity index (χ4n) is 7.64. The molecule has 4 N–H and O–H groups in total. The van der Waals surface area contributed by atoms with Gasteiger partial charge in [-0.3, -0.25) is 20.0 Å². The highest BCUT2D eigenvalue weighted by Crippen LogP contribution is 2.34. The van der Waals surface area contributed by atoms with Crippen molar-refractivity contribution in [2.24, 2.45) is 17.8 Å². The van der Waals surface area contributed by atoms with E-state index in [1.165, 1.54) is 77.4 Å². The number of hydrogen-bond donors (Lipinski definition) is 4. The van der Waals surface area contributed by atoms with Crippen molar-refractivity contribution in [3.63, 3.8) is 0 Å². The minimum absolute atomic E-state index is 0.119. The van der Waals surface area contributed by atoms with Crippen LogP contribution in [-0.4, -0.2) is 92.9 Å². The summed E-state index contributed by atoms with van der Waals surface area (Å²) in [5.41, 5.74) is 3.39. The van der Waals surface area contributed by atoms with Gasteiger partial charge in [0.15, 0.2) is 0 Å². The quantitative estimate of drug-likeness (QED) is 0.483. The molecule has 0 radical (unpaired) electrons. The van der Waals surface area contributed by atoms with Crippen molar-refractivity contribution in [2.75, 3.05) is 52.5 Å². The molecule has 5 aliphatic heterocycles. The summed E-state index contributed by atoms with van der Waals surface area (Å²) in [6.45, 7) is 8.59. The molecule has 8 heteroatoms. The summed E-state index contributed by atoms with van der Waals surface area (Å²) in [5.74, 6) is 2.30. The van der Waals surface area contributed by atoms with E-state index in [1.54, 1.807) is 0 Å². The van der Waals surface area contributed by atoms with E-state index >= 15 is 0 Å². The van der Waals surface area contributed by atoms with Crippen molar-refractivity contribution in [3.8, 4) is 0 Å². The molecule has 8 atom stereocenters. The molecule has 6 rings (SSSR count). The molecule has 188 valence electrons. The highest BCUT2D eigenvalue weighted by atomic mass is 16.7. The molecule has 0 aromatic carbocycles. The topological polar surface area (TPSA) is 73.1 Å². The van der Waals surface area contributed by atoms with Crippen LogP contribution < -0.4 is 21.4 Å². The van der Waals surface area contributed by atoms with Crippen LogP contribution in [0.15, 0.2) is 0 Å². The second-order valence-electron chi connectivity index (χ2n) is 11.6. The Bertz CT molecular complexity index is 626. The van der Waals surface area contributed by atoms with E-state index in [9.17, 15) is 0 Å². The third-order valence-electron chi connectivity index (χ3n) is 9.52. The second kappa shape index (κ2) is 10.7. The van der Waals surface area contributed by atoms with Crippen molar-refractivity contribution in [2.45, 2.75) is 88.4 Å². The first-order chi connectivity index (χ1) is 16.3. The molecule has 33 heavy (non-hydrogen) atoms. The molecule has 5 heterocycles. The van der Waals surface area contributed by atoms with Gasteiger partial charge in [0.25, 0.3) is 0 Å². The number of rotatable bonds is 5. The van der Waals surface area contributed by atoms with Crippen molar-refractivity contribution in [1.29, 1.82) is 0 Å². The molecule has 6 aliphatic rings. The van der Waals surface area contributed by atoms with Gasteiger partial charge in [0, 0.05) is 38.1 Å². The Morgan fingerprint density at radius 2 is 1.73 bits per heavy atom. The Balaban J connectivity index is 0.972. The molecule has 5 saturated heterocycles. The number of likely N-dealkylation sites (tertiary alicyclic amines) is 1. The van der Waals surface area contributed by atoms with Crippen LogP contribution in [0.2, 0.25) is 0 Å². The average Bonchev–Trinajstić information content (AvgIpc) is 3.54. The van der Waals surface area contributed by atoms with E-state index in [4.69, 9.17) is 9.57 Å². The van der Waals surface area contributed by atoms with Gasteiger partial charge in [-0.2, -0.15) is 5.48 Å². The molecule has 6 fully saturated rings. The highest BCUT2D eigenvalue weighted by molar-refractivity contribution is 4.94. The monoisotopic (exact) mass is 462 g/mol. The molecular weight excluding hydrogens is 416 g/mol. The molecule has 0 amide bonds. The molecular formula is C25H46N6O2. The van der Waals surface area contributed by atoms with Crippen LogP contribution in [0.5, 0.6) is 0 Å². The molecule has 0 aromatic heterocycles. The van der Waals surface area contributed by atoms with E-state index in [2.05, 4.69) is 31.2 Å². The zero-order chi connectivity index (χ0) is 22.0. The fraction of sp³-hybridized carbons (Fsp3) is 1.00. The third kappa shape index (κ3) is 5.28. The number of ether oxygens (including phenoxy) is 1. The number of nitrogens with one attached hydrogen (secondary N) is 4. The number of fused-ring (bicyclic) bond motifs is 1. The van der Waals surface area contributed by atoms with E-state index < -0.39 is 0 Å². The lowest BCUT2D eigenvalue weighted by molar-refractivity contribution is -0.0297. The van der Waals surface area contributed by atoms with Crippen LogP contribution in [-0.2, 0) is 9.57 Å². The van der Waals surface area contributed by atoms with Gasteiger partial charge in [0.05, 0.1) is 31.6 Å². The predicted molar refractivity (Wildman–Crippen MR) is 128 cm³/mol. The molecule has 7 unspecified atom stereocenters. The van der Waals surface area contributed by atoms with Gasteiger partial charge in [-0.15, -0.1) is 0 Å². The maximum absolute atomic E-state index is 6.18. The van der Waals surface area contributed by atoms with Gasteiger partial charge in [0.1, 0.15) is 6.23 Å². The van der Waals surface area contributed by atoms with Crippen LogP contribution >= 0.6 is 0 Å². The van der Waals surface area contributed by atoms with Gasteiger partial charge >= 0.3 is 0 Å². The van der Waals surface area contributed by atoms with Crippen LogP contribution in [0.1, 0.15) is 57.8 Å². The summed E-state index contributed by atoms with van der Waals surface area (Å²) < 4.78 is 5.52. The second-order valence-corrected chi connectivity index (χ2v) is 11.6.